The van der Waals surface area contributed by atoms with E-state index in [1.165, 1.54) is 12.7 Å². The zero-order valence-electron chi connectivity index (χ0n) is 21.7. The number of hydrogen-bond donors (Lipinski definition) is 2. The monoisotopic (exact) mass is 460 g/mol. The molecule has 4 aliphatic carbocycles. The summed E-state index contributed by atoms with van der Waals surface area (Å²) in [6, 6.07) is 0. The summed E-state index contributed by atoms with van der Waals surface area (Å²) in [5.74, 6) is 0.422. The maximum atomic E-state index is 11.8. The van der Waals surface area contributed by atoms with Crippen LogP contribution in [-0.2, 0) is 14.3 Å². The molecule has 0 bridgehead atoms. The summed E-state index contributed by atoms with van der Waals surface area (Å²) >= 11 is 0. The van der Waals surface area contributed by atoms with Gasteiger partial charge in [-0.3, -0.25) is 4.79 Å². The zero-order valence-corrected chi connectivity index (χ0v) is 21.7. The average Bonchev–Trinajstić information content (AvgIpc) is 3.42. The molecular formula is C28H44O5. The van der Waals surface area contributed by atoms with Crippen molar-refractivity contribution in [3.8, 4) is 0 Å². The molecule has 186 valence electrons. The molecule has 0 aromatic heterocycles. The van der Waals surface area contributed by atoms with Gasteiger partial charge in [0, 0.05) is 17.3 Å². The van der Waals surface area contributed by atoms with Crippen LogP contribution in [0.15, 0.2) is 11.6 Å². The van der Waals surface area contributed by atoms with E-state index in [1.54, 1.807) is 0 Å². The molecule has 1 aliphatic heterocycles. The van der Waals surface area contributed by atoms with E-state index in [0.29, 0.717) is 18.8 Å². The maximum absolute atomic E-state index is 11.8. The number of carbonyl (C=O) groups is 1. The number of aliphatic hydroxyl groups is 2. The molecule has 9 atom stereocenters. The first kappa shape index (κ1) is 23.8. The van der Waals surface area contributed by atoms with Crippen molar-refractivity contribution in [3.63, 3.8) is 0 Å². The molecule has 5 nitrogen and oxygen atoms in total. The number of epoxide rings is 1. The van der Waals surface area contributed by atoms with Crippen LogP contribution in [0.25, 0.3) is 0 Å². The molecule has 1 saturated heterocycles. The molecule has 5 aliphatic rings. The van der Waals surface area contributed by atoms with Crippen molar-refractivity contribution in [3.05, 3.63) is 11.6 Å². The van der Waals surface area contributed by atoms with Gasteiger partial charge in [-0.2, -0.15) is 0 Å². The third-order valence-corrected chi connectivity index (χ3v) is 12.3. The van der Waals surface area contributed by atoms with Crippen LogP contribution in [0.3, 0.4) is 0 Å². The van der Waals surface area contributed by atoms with Crippen molar-refractivity contribution in [2.45, 2.75) is 116 Å². The minimum absolute atomic E-state index is 0.0383. The van der Waals surface area contributed by atoms with Gasteiger partial charge in [-0.05, 0) is 73.2 Å². The molecule has 0 amide bonds. The fourth-order valence-electron chi connectivity index (χ4n) is 9.72. The number of methoxy groups -OCH3 is 1. The normalized spacial score (nSPS) is 52.5. The van der Waals surface area contributed by atoms with Crippen LogP contribution in [0.1, 0.15) is 92.9 Å². The third-order valence-electron chi connectivity index (χ3n) is 12.3. The Morgan fingerprint density at radius 1 is 1.12 bits per heavy atom. The van der Waals surface area contributed by atoms with Gasteiger partial charge in [0.2, 0.25) is 0 Å². The Kier molecular flexibility index (Phi) is 4.95. The first-order chi connectivity index (χ1) is 15.3. The number of ether oxygens (including phenoxy) is 2. The van der Waals surface area contributed by atoms with Gasteiger partial charge in [-0.15, -0.1) is 0 Å². The topological polar surface area (TPSA) is 79.3 Å². The van der Waals surface area contributed by atoms with Crippen molar-refractivity contribution in [2.24, 2.45) is 33.5 Å². The Morgan fingerprint density at radius 3 is 2.48 bits per heavy atom. The summed E-state index contributed by atoms with van der Waals surface area (Å²) in [5.41, 5.74) is 0.302. The highest BCUT2D eigenvalue weighted by Crippen LogP contribution is 2.82. The van der Waals surface area contributed by atoms with Gasteiger partial charge in [0.05, 0.1) is 19.3 Å². The molecule has 33 heavy (non-hydrogen) atoms. The molecular weight excluding hydrogens is 416 g/mol. The van der Waals surface area contributed by atoms with E-state index >= 15 is 0 Å². The van der Waals surface area contributed by atoms with Gasteiger partial charge in [-0.25, -0.2) is 0 Å². The Balaban J connectivity index is 1.49. The van der Waals surface area contributed by atoms with Crippen LogP contribution in [0.4, 0.5) is 0 Å². The molecule has 5 rings (SSSR count). The molecule has 1 heterocycles. The Bertz CT molecular complexity index is 895. The van der Waals surface area contributed by atoms with Gasteiger partial charge in [0.1, 0.15) is 11.2 Å². The first-order valence-electron chi connectivity index (χ1n) is 13.1. The molecule has 0 radical (unpaired) electrons. The van der Waals surface area contributed by atoms with Crippen molar-refractivity contribution < 1.29 is 24.5 Å². The molecule has 0 aromatic carbocycles. The molecule has 0 aromatic rings. The largest absolute Gasteiger partial charge is 0.469 e. The molecule has 0 unspecified atom stereocenters. The van der Waals surface area contributed by atoms with Gasteiger partial charge in [0.15, 0.2) is 0 Å². The van der Waals surface area contributed by atoms with Crippen LogP contribution in [0.2, 0.25) is 0 Å². The second-order valence-corrected chi connectivity index (χ2v) is 13.3. The lowest BCUT2D eigenvalue weighted by atomic mass is 9.40. The summed E-state index contributed by atoms with van der Waals surface area (Å²) in [6.07, 6.45) is 8.30. The number of hydrogen-bond acceptors (Lipinski definition) is 5. The van der Waals surface area contributed by atoms with E-state index in [9.17, 15) is 15.0 Å². The Labute approximate surface area is 199 Å². The highest BCUT2D eigenvalue weighted by Gasteiger charge is 2.86. The molecule has 3 saturated carbocycles. The summed E-state index contributed by atoms with van der Waals surface area (Å²) in [6.45, 7) is 13.7. The van der Waals surface area contributed by atoms with Crippen LogP contribution in [0, 0.1) is 33.5 Å². The lowest BCUT2D eigenvalue weighted by Gasteiger charge is -2.61. The number of carbonyl (C=O) groups excluding carboxylic acids is 1. The predicted molar refractivity (Wildman–Crippen MR) is 126 cm³/mol. The number of aliphatic hydroxyl groups excluding tert-OH is 2. The van der Waals surface area contributed by atoms with E-state index in [1.807, 2.05) is 0 Å². The van der Waals surface area contributed by atoms with Crippen molar-refractivity contribution >= 4 is 5.97 Å². The smallest absolute Gasteiger partial charge is 0.305 e. The Hall–Kier alpha value is -0.910. The highest BCUT2D eigenvalue weighted by molar-refractivity contribution is 5.69. The van der Waals surface area contributed by atoms with Crippen LogP contribution in [0.5, 0.6) is 0 Å². The standard InChI is InChI=1S/C28H44O5/c1-17(8-9-22(31)32-7)26(6)21(30)16-19-24(26,4)14-15-28-25(5)12-11-20(29)23(2,3)18(25)10-13-27(19,28)33-28/h16-18,20-21,29-30H,8-15H2,1-7H3/t17-,18+,20+,21-,24-,25+,26-,27+,28+/m1/s1. The first-order valence-corrected chi connectivity index (χ1v) is 13.1. The molecule has 0 spiro atoms. The predicted octanol–water partition coefficient (Wildman–Crippen LogP) is 4.79. The maximum Gasteiger partial charge on any atom is 0.305 e. The second-order valence-electron chi connectivity index (χ2n) is 13.3. The quantitative estimate of drug-likeness (QED) is 0.358. The van der Waals surface area contributed by atoms with E-state index in [2.05, 4.69) is 47.6 Å². The summed E-state index contributed by atoms with van der Waals surface area (Å²) < 4.78 is 11.9. The second kappa shape index (κ2) is 6.85. The van der Waals surface area contributed by atoms with Gasteiger partial charge < -0.3 is 19.7 Å². The van der Waals surface area contributed by atoms with Crippen molar-refractivity contribution in [2.75, 3.05) is 7.11 Å². The highest BCUT2D eigenvalue weighted by atomic mass is 16.6. The average molecular weight is 461 g/mol. The summed E-state index contributed by atoms with van der Waals surface area (Å²) in [4.78, 5) is 11.8. The fourth-order valence-corrected chi connectivity index (χ4v) is 9.72. The summed E-state index contributed by atoms with van der Waals surface area (Å²) in [5, 5.41) is 22.3. The van der Waals surface area contributed by atoms with Gasteiger partial charge in [-0.1, -0.05) is 47.6 Å². The third kappa shape index (κ3) is 2.52. The van der Waals surface area contributed by atoms with Crippen LogP contribution in [-0.4, -0.2) is 46.7 Å². The van der Waals surface area contributed by atoms with E-state index in [0.717, 1.165) is 38.5 Å². The minimum atomic E-state index is -0.547. The van der Waals surface area contributed by atoms with Crippen molar-refractivity contribution in [1.29, 1.82) is 0 Å². The van der Waals surface area contributed by atoms with Gasteiger partial charge in [0.25, 0.3) is 0 Å². The molecule has 2 N–H and O–H groups in total. The van der Waals surface area contributed by atoms with E-state index < -0.39 is 6.10 Å². The lowest BCUT2D eigenvalue weighted by Crippen LogP contribution is -2.63. The molecule has 4 fully saturated rings. The summed E-state index contributed by atoms with van der Waals surface area (Å²) in [7, 11) is 1.44. The van der Waals surface area contributed by atoms with Crippen LogP contribution < -0.4 is 0 Å². The Morgan fingerprint density at radius 2 is 1.82 bits per heavy atom. The van der Waals surface area contributed by atoms with Crippen molar-refractivity contribution in [1.82, 2.24) is 0 Å². The van der Waals surface area contributed by atoms with Crippen LogP contribution >= 0.6 is 0 Å². The van der Waals surface area contributed by atoms with E-state index in [4.69, 9.17) is 9.47 Å². The zero-order chi connectivity index (χ0) is 24.2. The van der Waals surface area contributed by atoms with Gasteiger partial charge >= 0.3 is 5.97 Å². The number of fused-ring (bicyclic) bond motifs is 2. The fraction of sp³-hybridized carbons (Fsp3) is 0.893. The number of rotatable bonds is 4. The molecule has 5 heteroatoms. The van der Waals surface area contributed by atoms with E-state index in [-0.39, 0.29) is 50.9 Å². The SMILES string of the molecule is COC(=O)CC[C@@H](C)[C@]1(C)[C@H](O)C=C2[C@@]34CC[C@H]5C(C)(C)[C@@H](O)CC[C@]5(C)[C@]3(CC[C@]21C)O4. The number of esters is 1. The lowest BCUT2D eigenvalue weighted by molar-refractivity contribution is -0.144. The minimum Gasteiger partial charge on any atom is -0.469 e.